The maximum atomic E-state index is 11.7. The third-order valence-corrected chi connectivity index (χ3v) is 6.37. The lowest BCUT2D eigenvalue weighted by Crippen LogP contribution is -2.60. The van der Waals surface area contributed by atoms with E-state index in [1.54, 1.807) is 0 Å². The molecule has 21 heavy (non-hydrogen) atoms. The van der Waals surface area contributed by atoms with Crippen LogP contribution in [-0.2, 0) is 4.79 Å². The zero-order valence-corrected chi connectivity index (χ0v) is 13.3. The predicted octanol–water partition coefficient (Wildman–Crippen LogP) is 2.63. The molecule has 0 aromatic carbocycles. The molecule has 4 atom stereocenters. The van der Waals surface area contributed by atoms with Crippen molar-refractivity contribution in [3.63, 3.8) is 0 Å². The van der Waals surface area contributed by atoms with Crippen molar-refractivity contribution in [1.29, 1.82) is 0 Å². The quantitative estimate of drug-likeness (QED) is 0.840. The Labute approximate surface area is 128 Å². The summed E-state index contributed by atoms with van der Waals surface area (Å²) < 4.78 is 0. The molecule has 3 rings (SSSR count). The van der Waals surface area contributed by atoms with E-state index in [4.69, 9.17) is 0 Å². The van der Waals surface area contributed by atoms with Gasteiger partial charge in [0.25, 0.3) is 0 Å². The fourth-order valence-electron chi connectivity index (χ4n) is 5.17. The van der Waals surface area contributed by atoms with Gasteiger partial charge < -0.3 is 10.4 Å². The number of piperidine rings is 1. The van der Waals surface area contributed by atoms with Crippen LogP contribution in [0.2, 0.25) is 0 Å². The van der Waals surface area contributed by atoms with E-state index < -0.39 is 11.5 Å². The van der Waals surface area contributed by atoms with E-state index in [2.05, 4.69) is 10.2 Å². The Hall–Kier alpha value is -0.610. The van der Waals surface area contributed by atoms with Gasteiger partial charge in [-0.25, -0.2) is 0 Å². The number of hydrogen-bond donors (Lipinski definition) is 2. The molecule has 2 unspecified atom stereocenters. The first-order valence-electron chi connectivity index (χ1n) is 8.84. The van der Waals surface area contributed by atoms with Gasteiger partial charge in [0, 0.05) is 12.1 Å². The summed E-state index contributed by atoms with van der Waals surface area (Å²) in [5.41, 5.74) is -0.690. The van der Waals surface area contributed by atoms with Gasteiger partial charge in [-0.2, -0.15) is 0 Å². The molecule has 0 aromatic heterocycles. The lowest BCUT2D eigenvalue weighted by molar-refractivity contribution is -0.147. The lowest BCUT2D eigenvalue weighted by atomic mass is 9.74. The molecule has 1 saturated heterocycles. The van der Waals surface area contributed by atoms with Gasteiger partial charge in [-0.05, 0) is 70.9 Å². The smallest absolute Gasteiger partial charge is 0.323 e. The summed E-state index contributed by atoms with van der Waals surface area (Å²) in [5.74, 6) is 0.218. The van der Waals surface area contributed by atoms with Crippen LogP contribution in [0.3, 0.4) is 0 Å². The average Bonchev–Trinajstić information content (AvgIpc) is 2.54. The highest BCUT2D eigenvalue weighted by molar-refractivity contribution is 5.79. The molecule has 3 aliphatic rings. The van der Waals surface area contributed by atoms with Gasteiger partial charge in [0.2, 0.25) is 0 Å². The number of nitrogens with one attached hydrogen (secondary N) is 1. The second-order valence-corrected chi connectivity index (χ2v) is 7.38. The first kappa shape index (κ1) is 15.3. The molecule has 0 bridgehead atoms. The Kier molecular flexibility index (Phi) is 4.55. The zero-order chi connectivity index (χ0) is 14.9. The van der Waals surface area contributed by atoms with Crippen molar-refractivity contribution in [3.05, 3.63) is 0 Å². The SMILES string of the molecule is CNC1(C(=O)O)CCCC(N2CCC[C@H]3CCCC[C@H]32)C1. The van der Waals surface area contributed by atoms with Crippen LogP contribution in [0.1, 0.15) is 64.2 Å². The van der Waals surface area contributed by atoms with Gasteiger partial charge in [-0.1, -0.05) is 12.8 Å². The summed E-state index contributed by atoms with van der Waals surface area (Å²) >= 11 is 0. The van der Waals surface area contributed by atoms with Gasteiger partial charge in [0.05, 0.1) is 0 Å². The Balaban J connectivity index is 1.74. The molecule has 1 aliphatic heterocycles. The van der Waals surface area contributed by atoms with E-state index >= 15 is 0 Å². The number of hydrogen-bond acceptors (Lipinski definition) is 3. The van der Waals surface area contributed by atoms with Gasteiger partial charge in [0.15, 0.2) is 0 Å². The highest BCUT2D eigenvalue weighted by Gasteiger charge is 2.45. The highest BCUT2D eigenvalue weighted by atomic mass is 16.4. The fraction of sp³-hybridized carbons (Fsp3) is 0.941. The van der Waals surface area contributed by atoms with Gasteiger partial charge in [-0.3, -0.25) is 9.69 Å². The second kappa shape index (κ2) is 6.25. The number of carboxylic acids is 1. The maximum absolute atomic E-state index is 11.7. The number of likely N-dealkylation sites (tertiary alicyclic amines) is 1. The number of likely N-dealkylation sites (N-methyl/N-ethyl adjacent to an activating group) is 1. The lowest BCUT2D eigenvalue weighted by Gasteiger charge is -2.51. The molecule has 0 spiro atoms. The van der Waals surface area contributed by atoms with Crippen LogP contribution in [0.4, 0.5) is 0 Å². The molecule has 4 heteroatoms. The molecular formula is C17H30N2O2. The fourth-order valence-corrected chi connectivity index (χ4v) is 5.17. The minimum atomic E-state index is -0.690. The topological polar surface area (TPSA) is 52.6 Å². The predicted molar refractivity (Wildman–Crippen MR) is 83.4 cm³/mol. The molecule has 120 valence electrons. The van der Waals surface area contributed by atoms with E-state index in [1.807, 2.05) is 7.05 Å². The van der Waals surface area contributed by atoms with E-state index in [0.29, 0.717) is 6.04 Å². The van der Waals surface area contributed by atoms with Crippen LogP contribution in [0.25, 0.3) is 0 Å². The van der Waals surface area contributed by atoms with Crippen molar-refractivity contribution in [3.8, 4) is 0 Å². The molecule has 2 N–H and O–H groups in total. The molecule has 4 nitrogen and oxygen atoms in total. The van der Waals surface area contributed by atoms with E-state index in [1.165, 1.54) is 51.5 Å². The molecular weight excluding hydrogens is 264 g/mol. The highest BCUT2D eigenvalue weighted by Crippen LogP contribution is 2.40. The van der Waals surface area contributed by atoms with Gasteiger partial charge >= 0.3 is 5.97 Å². The van der Waals surface area contributed by atoms with Crippen LogP contribution in [-0.4, -0.2) is 47.2 Å². The van der Waals surface area contributed by atoms with Crippen molar-refractivity contribution in [2.75, 3.05) is 13.6 Å². The summed E-state index contributed by atoms with van der Waals surface area (Å²) in [5, 5.41) is 12.8. The van der Waals surface area contributed by atoms with E-state index in [9.17, 15) is 9.90 Å². The van der Waals surface area contributed by atoms with Gasteiger partial charge in [0.1, 0.15) is 5.54 Å². The number of carboxylic acid groups (broad SMARTS) is 1. The van der Waals surface area contributed by atoms with Crippen LogP contribution in [0.5, 0.6) is 0 Å². The molecule has 0 radical (unpaired) electrons. The van der Waals surface area contributed by atoms with Crippen molar-refractivity contribution < 1.29 is 9.90 Å². The summed E-state index contributed by atoms with van der Waals surface area (Å²) in [6, 6.07) is 1.20. The Bertz CT molecular complexity index is 385. The molecule has 0 aromatic rings. The third-order valence-electron chi connectivity index (χ3n) is 6.37. The van der Waals surface area contributed by atoms with Crippen molar-refractivity contribution in [2.24, 2.45) is 5.92 Å². The van der Waals surface area contributed by atoms with E-state index in [-0.39, 0.29) is 0 Å². The monoisotopic (exact) mass is 294 g/mol. The summed E-state index contributed by atoms with van der Waals surface area (Å²) in [7, 11) is 1.82. The number of fused-ring (bicyclic) bond motifs is 1. The minimum absolute atomic E-state index is 0.466. The Morgan fingerprint density at radius 1 is 1.14 bits per heavy atom. The maximum Gasteiger partial charge on any atom is 0.323 e. The van der Waals surface area contributed by atoms with Crippen LogP contribution < -0.4 is 5.32 Å². The average molecular weight is 294 g/mol. The standard InChI is InChI=1S/C17H30N2O2/c1-18-17(16(20)21)10-4-8-14(12-17)19-11-5-7-13-6-2-3-9-15(13)19/h13-15,18H,2-12H2,1H3,(H,20,21)/t13-,14?,15-,17?/m1/s1. The third kappa shape index (κ3) is 2.85. The molecule has 1 heterocycles. The normalized spacial score (nSPS) is 41.5. The summed E-state index contributed by atoms with van der Waals surface area (Å²) in [6.45, 7) is 1.19. The molecule has 0 amide bonds. The summed E-state index contributed by atoms with van der Waals surface area (Å²) in [6.07, 6.45) is 12.0. The number of carbonyl (C=O) groups is 1. The van der Waals surface area contributed by atoms with Crippen molar-refractivity contribution in [1.82, 2.24) is 10.2 Å². The molecule has 2 saturated carbocycles. The summed E-state index contributed by atoms with van der Waals surface area (Å²) in [4.78, 5) is 14.4. The molecule has 2 aliphatic carbocycles. The van der Waals surface area contributed by atoms with E-state index in [0.717, 1.165) is 31.2 Å². The van der Waals surface area contributed by atoms with Crippen LogP contribution >= 0.6 is 0 Å². The second-order valence-electron chi connectivity index (χ2n) is 7.38. The van der Waals surface area contributed by atoms with Crippen molar-refractivity contribution >= 4 is 5.97 Å². The van der Waals surface area contributed by atoms with Gasteiger partial charge in [-0.15, -0.1) is 0 Å². The zero-order valence-electron chi connectivity index (χ0n) is 13.3. The largest absolute Gasteiger partial charge is 0.480 e. The van der Waals surface area contributed by atoms with Crippen LogP contribution in [0, 0.1) is 5.92 Å². The Morgan fingerprint density at radius 3 is 2.67 bits per heavy atom. The number of rotatable bonds is 3. The van der Waals surface area contributed by atoms with Crippen LogP contribution in [0.15, 0.2) is 0 Å². The first-order chi connectivity index (χ1) is 10.2. The Morgan fingerprint density at radius 2 is 1.90 bits per heavy atom. The minimum Gasteiger partial charge on any atom is -0.480 e. The number of aliphatic carboxylic acids is 1. The first-order valence-corrected chi connectivity index (χ1v) is 8.84. The number of nitrogens with zero attached hydrogens (tertiary/aromatic N) is 1. The van der Waals surface area contributed by atoms with Crippen molar-refractivity contribution in [2.45, 2.75) is 81.8 Å². The molecule has 3 fully saturated rings.